The maximum Gasteiger partial charge on any atom is 0.0443 e. The lowest BCUT2D eigenvalue weighted by atomic mass is 9.84. The van der Waals surface area contributed by atoms with Crippen LogP contribution in [0.25, 0.3) is 33.4 Å². The van der Waals surface area contributed by atoms with Gasteiger partial charge in [0.05, 0.1) is 0 Å². The molecule has 0 radical (unpaired) electrons. The smallest absolute Gasteiger partial charge is 0.0443 e. The molecule has 0 saturated carbocycles. The van der Waals surface area contributed by atoms with Crippen LogP contribution in [0.5, 0.6) is 0 Å². The van der Waals surface area contributed by atoms with Crippen LogP contribution in [0.15, 0.2) is 121 Å². The lowest BCUT2D eigenvalue weighted by Crippen LogP contribution is -2.14. The summed E-state index contributed by atoms with van der Waals surface area (Å²) in [6.07, 6.45) is 0. The molecule has 0 aliphatic carbocycles. The molecule has 1 aliphatic rings. The van der Waals surface area contributed by atoms with E-state index in [1.165, 1.54) is 55.8 Å². The van der Waals surface area contributed by atoms with Gasteiger partial charge in [-0.25, -0.2) is 0 Å². The van der Waals surface area contributed by atoms with Crippen LogP contribution in [0.3, 0.4) is 0 Å². The minimum absolute atomic E-state index is 0.906. The van der Waals surface area contributed by atoms with Gasteiger partial charge in [-0.3, -0.25) is 0 Å². The zero-order chi connectivity index (χ0) is 22.9. The fraction of sp³-hybridized carbons (Fsp3) is 0.0909. The molecule has 0 saturated heterocycles. The molecule has 0 bridgehead atoms. The van der Waals surface area contributed by atoms with E-state index in [2.05, 4.69) is 133 Å². The van der Waals surface area contributed by atoms with Crippen molar-refractivity contribution in [2.45, 2.75) is 20.0 Å². The Hall–Kier alpha value is -4.10. The van der Waals surface area contributed by atoms with Crippen LogP contribution in [-0.2, 0) is 13.1 Å². The van der Waals surface area contributed by atoms with E-state index in [1.807, 2.05) is 0 Å². The van der Waals surface area contributed by atoms with E-state index < -0.39 is 0 Å². The number of hydrogen-bond acceptors (Lipinski definition) is 1. The van der Waals surface area contributed by atoms with E-state index in [0.717, 1.165) is 13.1 Å². The molecule has 6 rings (SSSR count). The zero-order valence-corrected chi connectivity index (χ0v) is 19.4. The summed E-state index contributed by atoms with van der Waals surface area (Å²) in [6, 6.07) is 43.9. The van der Waals surface area contributed by atoms with Crippen molar-refractivity contribution in [1.29, 1.82) is 0 Å². The van der Waals surface area contributed by atoms with Crippen LogP contribution >= 0.6 is 0 Å². The molecule has 1 aliphatic heterocycles. The Bertz CT molecular complexity index is 1420. The lowest BCUT2D eigenvalue weighted by Gasteiger charge is -2.19. The number of benzene rings is 5. The summed E-state index contributed by atoms with van der Waals surface area (Å²) in [5.41, 5.74) is 13.3. The average Bonchev–Trinajstić information content (AvgIpc) is 3.35. The van der Waals surface area contributed by atoms with E-state index >= 15 is 0 Å². The van der Waals surface area contributed by atoms with E-state index in [0.29, 0.717) is 0 Å². The van der Waals surface area contributed by atoms with Gasteiger partial charge in [-0.05, 0) is 69.6 Å². The highest BCUT2D eigenvalue weighted by Gasteiger charge is 2.28. The molecule has 0 aromatic heterocycles. The van der Waals surface area contributed by atoms with Crippen molar-refractivity contribution in [2.24, 2.45) is 0 Å². The van der Waals surface area contributed by atoms with Gasteiger partial charge in [-0.1, -0.05) is 109 Å². The van der Waals surface area contributed by atoms with Crippen LogP contribution in [-0.4, -0.2) is 0 Å². The third-order valence-corrected chi connectivity index (χ3v) is 6.88. The summed E-state index contributed by atoms with van der Waals surface area (Å²) in [7, 11) is 0. The Kier molecular flexibility index (Phi) is 5.24. The molecule has 1 nitrogen and oxygen atoms in total. The molecule has 0 N–H and O–H groups in total. The Morgan fingerprint density at radius 1 is 0.500 bits per heavy atom. The monoisotopic (exact) mass is 437 g/mol. The predicted octanol–water partition coefficient (Wildman–Crippen LogP) is 8.52. The largest absolute Gasteiger partial charge is 0.363 e. The van der Waals surface area contributed by atoms with Crippen molar-refractivity contribution in [3.63, 3.8) is 0 Å². The van der Waals surface area contributed by atoms with Crippen molar-refractivity contribution in [2.75, 3.05) is 4.90 Å². The summed E-state index contributed by atoms with van der Waals surface area (Å²) >= 11 is 0. The van der Waals surface area contributed by atoms with Gasteiger partial charge in [-0.2, -0.15) is 0 Å². The molecule has 1 heteroatoms. The molecule has 164 valence electrons. The summed E-state index contributed by atoms with van der Waals surface area (Å²) in [6.45, 7) is 3.97. The molecule has 5 aromatic carbocycles. The second-order valence-corrected chi connectivity index (χ2v) is 9.09. The fourth-order valence-electron chi connectivity index (χ4n) is 5.17. The molecule has 0 amide bonds. The molecule has 1 heterocycles. The number of anilines is 1. The number of fused-ring (bicyclic) bond motifs is 1. The SMILES string of the molecule is Cc1ccc(N2Cc3c(-c4ccccc4)cc(-c4ccccc4)c(-c4ccccc4)c3C2)cc1. The third-order valence-electron chi connectivity index (χ3n) is 6.88. The maximum atomic E-state index is 2.51. The molecule has 5 aromatic rings. The number of nitrogens with zero attached hydrogens (tertiary/aromatic N) is 1. The summed E-state index contributed by atoms with van der Waals surface area (Å²) in [5.74, 6) is 0. The number of hydrogen-bond donors (Lipinski definition) is 0. The first-order valence-corrected chi connectivity index (χ1v) is 11.9. The number of rotatable bonds is 4. The molecule has 34 heavy (non-hydrogen) atoms. The normalized spacial score (nSPS) is 12.6. The first-order chi connectivity index (χ1) is 16.8. The Balaban J connectivity index is 1.62. The zero-order valence-electron chi connectivity index (χ0n) is 19.4. The maximum absolute atomic E-state index is 2.51. The lowest BCUT2D eigenvalue weighted by molar-refractivity contribution is 0.881. The minimum atomic E-state index is 0.906. The quantitative estimate of drug-likeness (QED) is 0.272. The highest BCUT2D eigenvalue weighted by Crippen LogP contribution is 2.45. The Labute approximate surface area is 202 Å². The van der Waals surface area contributed by atoms with Gasteiger partial charge in [0.25, 0.3) is 0 Å². The van der Waals surface area contributed by atoms with Crippen LogP contribution in [0, 0.1) is 6.92 Å². The second kappa shape index (κ2) is 8.68. The molecule has 0 fully saturated rings. The highest BCUT2D eigenvalue weighted by atomic mass is 15.1. The first-order valence-electron chi connectivity index (χ1n) is 11.9. The van der Waals surface area contributed by atoms with Gasteiger partial charge in [0.15, 0.2) is 0 Å². The van der Waals surface area contributed by atoms with Crippen molar-refractivity contribution in [3.05, 3.63) is 138 Å². The molecular weight excluding hydrogens is 410 g/mol. The van der Waals surface area contributed by atoms with Crippen LogP contribution in [0.1, 0.15) is 16.7 Å². The summed E-state index contributed by atoms with van der Waals surface area (Å²) < 4.78 is 0. The predicted molar refractivity (Wildman–Crippen MR) is 144 cm³/mol. The van der Waals surface area contributed by atoms with Crippen molar-refractivity contribution >= 4 is 5.69 Å². The van der Waals surface area contributed by atoms with E-state index in [1.54, 1.807) is 0 Å². The van der Waals surface area contributed by atoms with Crippen molar-refractivity contribution < 1.29 is 0 Å². The molecule has 0 unspecified atom stereocenters. The first kappa shape index (κ1) is 20.5. The van der Waals surface area contributed by atoms with Gasteiger partial charge >= 0.3 is 0 Å². The van der Waals surface area contributed by atoms with Gasteiger partial charge in [-0.15, -0.1) is 0 Å². The van der Waals surface area contributed by atoms with Crippen molar-refractivity contribution in [3.8, 4) is 33.4 Å². The van der Waals surface area contributed by atoms with Gasteiger partial charge < -0.3 is 4.90 Å². The third kappa shape index (κ3) is 3.70. The molecule has 0 spiro atoms. The van der Waals surface area contributed by atoms with Crippen molar-refractivity contribution in [1.82, 2.24) is 0 Å². The Morgan fingerprint density at radius 3 is 1.59 bits per heavy atom. The van der Waals surface area contributed by atoms with Crippen LogP contribution in [0.2, 0.25) is 0 Å². The van der Waals surface area contributed by atoms with Gasteiger partial charge in [0.2, 0.25) is 0 Å². The standard InChI is InChI=1S/C33H27N/c1-24-17-19-28(20-18-24)34-22-31-29(25-11-5-2-6-12-25)21-30(26-13-7-3-8-14-26)33(32(31)23-34)27-15-9-4-10-16-27/h2-21H,22-23H2,1H3. The summed E-state index contributed by atoms with van der Waals surface area (Å²) in [4.78, 5) is 2.51. The molecular formula is C33H27N. The second-order valence-electron chi connectivity index (χ2n) is 9.09. The van der Waals surface area contributed by atoms with E-state index in [-0.39, 0.29) is 0 Å². The summed E-state index contributed by atoms with van der Waals surface area (Å²) in [5, 5.41) is 0. The van der Waals surface area contributed by atoms with Crippen LogP contribution in [0.4, 0.5) is 5.69 Å². The highest BCUT2D eigenvalue weighted by molar-refractivity contribution is 5.92. The minimum Gasteiger partial charge on any atom is -0.363 e. The topological polar surface area (TPSA) is 3.24 Å². The van der Waals surface area contributed by atoms with Gasteiger partial charge in [0.1, 0.15) is 0 Å². The fourth-order valence-corrected chi connectivity index (χ4v) is 5.17. The Morgan fingerprint density at radius 2 is 1.00 bits per heavy atom. The average molecular weight is 438 g/mol. The van der Waals surface area contributed by atoms with E-state index in [4.69, 9.17) is 0 Å². The van der Waals surface area contributed by atoms with Gasteiger partial charge in [0, 0.05) is 18.8 Å². The number of aryl methyl sites for hydroxylation is 1. The molecule has 0 atom stereocenters. The van der Waals surface area contributed by atoms with Crippen LogP contribution < -0.4 is 4.90 Å². The van der Waals surface area contributed by atoms with E-state index in [9.17, 15) is 0 Å².